The second-order valence-corrected chi connectivity index (χ2v) is 7.00. The van der Waals surface area contributed by atoms with E-state index in [1.165, 1.54) is 0 Å². The van der Waals surface area contributed by atoms with Gasteiger partial charge in [0.15, 0.2) is 0 Å². The quantitative estimate of drug-likeness (QED) is 0.839. The maximum atomic E-state index is 12.8. The lowest BCUT2D eigenvalue weighted by molar-refractivity contribution is -0.126. The molecule has 1 fully saturated rings. The number of likely N-dealkylation sites (tertiary alicyclic amines) is 1. The van der Waals surface area contributed by atoms with Gasteiger partial charge in [-0.05, 0) is 44.0 Å². The van der Waals surface area contributed by atoms with Crippen LogP contribution in [-0.2, 0) is 17.6 Å². The molecular weight excluding hydrogens is 320 g/mol. The highest BCUT2D eigenvalue weighted by Gasteiger charge is 2.29. The number of amides is 1. The van der Waals surface area contributed by atoms with Crippen molar-refractivity contribution in [2.45, 2.75) is 38.6 Å². The van der Waals surface area contributed by atoms with Gasteiger partial charge in [0.1, 0.15) is 6.04 Å². The number of hydrogen-bond donors (Lipinski definition) is 1. The van der Waals surface area contributed by atoms with Crippen LogP contribution in [0.2, 0.25) is 0 Å². The predicted molar refractivity (Wildman–Crippen MR) is 96.0 cm³/mol. The Morgan fingerprint density at radius 3 is 2.92 bits per heavy atom. The highest BCUT2D eigenvalue weighted by atomic mass is 32.1. The first-order valence-corrected chi connectivity index (χ1v) is 9.51. The van der Waals surface area contributed by atoms with Crippen LogP contribution in [0.1, 0.15) is 42.1 Å². The van der Waals surface area contributed by atoms with E-state index in [0.29, 0.717) is 6.54 Å². The Labute approximate surface area is 147 Å². The van der Waals surface area contributed by atoms with E-state index in [4.69, 9.17) is 0 Å². The molecular formula is C18H24N4OS. The van der Waals surface area contributed by atoms with Crippen LogP contribution >= 0.6 is 11.3 Å². The molecule has 2 aromatic heterocycles. The molecule has 1 N–H and O–H groups in total. The molecule has 3 heterocycles. The van der Waals surface area contributed by atoms with E-state index in [1.54, 1.807) is 23.7 Å². The van der Waals surface area contributed by atoms with E-state index < -0.39 is 0 Å². The molecule has 1 amide bonds. The Morgan fingerprint density at radius 1 is 1.42 bits per heavy atom. The van der Waals surface area contributed by atoms with Gasteiger partial charge < -0.3 is 5.32 Å². The topological polar surface area (TPSA) is 58.1 Å². The zero-order valence-electron chi connectivity index (χ0n) is 14.1. The van der Waals surface area contributed by atoms with Crippen LogP contribution in [-0.4, -0.2) is 40.4 Å². The van der Waals surface area contributed by atoms with Crippen molar-refractivity contribution in [1.29, 1.82) is 0 Å². The fourth-order valence-corrected chi connectivity index (χ4v) is 3.96. The highest BCUT2D eigenvalue weighted by Crippen LogP contribution is 2.24. The van der Waals surface area contributed by atoms with E-state index in [1.807, 2.05) is 12.1 Å². The number of carbonyl (C=O) groups excluding carboxylic acids is 1. The van der Waals surface area contributed by atoms with Crippen molar-refractivity contribution < 1.29 is 4.79 Å². The number of hydrogen-bond acceptors (Lipinski definition) is 5. The minimum absolute atomic E-state index is 0.0668. The summed E-state index contributed by atoms with van der Waals surface area (Å²) >= 11 is 1.67. The molecule has 24 heavy (non-hydrogen) atoms. The fourth-order valence-electron chi connectivity index (χ4n) is 3.08. The summed E-state index contributed by atoms with van der Waals surface area (Å²) < 4.78 is 0. The molecule has 0 bridgehead atoms. The van der Waals surface area contributed by atoms with Crippen LogP contribution in [0, 0.1) is 0 Å². The third-order valence-corrected chi connectivity index (χ3v) is 5.31. The average molecular weight is 344 g/mol. The molecule has 1 saturated heterocycles. The van der Waals surface area contributed by atoms with Crippen molar-refractivity contribution in [3.63, 3.8) is 0 Å². The van der Waals surface area contributed by atoms with Gasteiger partial charge in [0.2, 0.25) is 5.91 Å². The monoisotopic (exact) mass is 344 g/mol. The largest absolute Gasteiger partial charge is 0.354 e. The number of thiazole rings is 1. The Hall–Kier alpha value is -1.79. The highest BCUT2D eigenvalue weighted by molar-refractivity contribution is 7.09. The number of nitrogens with one attached hydrogen (secondary N) is 1. The third-order valence-electron chi connectivity index (χ3n) is 4.35. The molecule has 3 rings (SSSR count). The normalized spacial score (nSPS) is 16.2. The summed E-state index contributed by atoms with van der Waals surface area (Å²) in [5, 5.41) is 6.28. The van der Waals surface area contributed by atoms with E-state index >= 15 is 0 Å². The van der Waals surface area contributed by atoms with E-state index in [2.05, 4.69) is 32.5 Å². The summed E-state index contributed by atoms with van der Waals surface area (Å²) in [6.07, 6.45) is 7.61. The zero-order chi connectivity index (χ0) is 16.8. The summed E-state index contributed by atoms with van der Waals surface area (Å²) in [5.74, 6) is 0.0668. The first-order valence-electron chi connectivity index (χ1n) is 8.63. The Bertz CT molecular complexity index is 652. The average Bonchev–Trinajstić information content (AvgIpc) is 3.28. The zero-order valence-corrected chi connectivity index (χ0v) is 14.9. The van der Waals surface area contributed by atoms with E-state index in [0.717, 1.165) is 55.0 Å². The van der Waals surface area contributed by atoms with Crippen molar-refractivity contribution in [3.8, 4) is 0 Å². The van der Waals surface area contributed by atoms with Crippen molar-refractivity contribution >= 4 is 17.2 Å². The second-order valence-electron chi connectivity index (χ2n) is 6.06. The van der Waals surface area contributed by atoms with Gasteiger partial charge in [-0.25, -0.2) is 4.98 Å². The summed E-state index contributed by atoms with van der Waals surface area (Å²) in [6.45, 7) is 4.67. The molecule has 1 atom stereocenters. The molecule has 128 valence electrons. The molecule has 0 radical (unpaired) electrons. The van der Waals surface area contributed by atoms with Crippen LogP contribution in [0.15, 0.2) is 29.9 Å². The van der Waals surface area contributed by atoms with Crippen LogP contribution in [0.25, 0.3) is 0 Å². The maximum Gasteiger partial charge on any atom is 0.242 e. The number of rotatable bonds is 7. The fraction of sp³-hybridized carbons (Fsp3) is 0.500. The number of carbonyl (C=O) groups is 1. The van der Waals surface area contributed by atoms with Gasteiger partial charge in [-0.2, -0.15) is 0 Å². The number of aryl methyl sites for hydroxylation is 1. The lowest BCUT2D eigenvalue weighted by atomic mass is 10.1. The molecule has 0 aliphatic carbocycles. The Balaban J connectivity index is 1.61. The van der Waals surface area contributed by atoms with E-state index in [-0.39, 0.29) is 11.9 Å². The standard InChI is InChI=1S/C18H24N4OS/c1-2-15-13-24-16(21-15)7-9-20-18(23)17(22-10-3-4-11-22)14-6-5-8-19-12-14/h5-6,8,12-13,17H,2-4,7,9-11H2,1H3,(H,20,23)/t17-/m1/s1. The van der Waals surface area contributed by atoms with Gasteiger partial charge in [0.05, 0.1) is 10.7 Å². The number of nitrogens with zero attached hydrogens (tertiary/aromatic N) is 3. The summed E-state index contributed by atoms with van der Waals surface area (Å²) in [4.78, 5) is 23.8. The number of pyridine rings is 1. The first-order chi connectivity index (χ1) is 11.8. The van der Waals surface area contributed by atoms with Gasteiger partial charge in [0.25, 0.3) is 0 Å². The molecule has 5 nitrogen and oxygen atoms in total. The molecule has 1 aliphatic rings. The lowest BCUT2D eigenvalue weighted by Crippen LogP contribution is -2.40. The smallest absolute Gasteiger partial charge is 0.242 e. The van der Waals surface area contributed by atoms with E-state index in [9.17, 15) is 4.79 Å². The second kappa shape index (κ2) is 8.35. The third kappa shape index (κ3) is 4.19. The molecule has 0 aromatic carbocycles. The Kier molecular flexibility index (Phi) is 5.93. The van der Waals surface area contributed by atoms with Gasteiger partial charge in [-0.3, -0.25) is 14.7 Å². The summed E-state index contributed by atoms with van der Waals surface area (Å²) in [5.41, 5.74) is 2.10. The van der Waals surface area contributed by atoms with Crippen LogP contribution < -0.4 is 5.32 Å². The Morgan fingerprint density at radius 2 is 2.25 bits per heavy atom. The maximum absolute atomic E-state index is 12.8. The van der Waals surface area contributed by atoms with Gasteiger partial charge in [-0.1, -0.05) is 13.0 Å². The van der Waals surface area contributed by atoms with Crippen LogP contribution in [0.5, 0.6) is 0 Å². The van der Waals surface area contributed by atoms with Crippen molar-refractivity contribution in [3.05, 3.63) is 46.2 Å². The summed E-state index contributed by atoms with van der Waals surface area (Å²) in [6, 6.07) is 3.65. The number of aromatic nitrogens is 2. The molecule has 6 heteroatoms. The summed E-state index contributed by atoms with van der Waals surface area (Å²) in [7, 11) is 0. The van der Waals surface area contributed by atoms with Gasteiger partial charge in [0, 0.05) is 30.7 Å². The van der Waals surface area contributed by atoms with Crippen molar-refractivity contribution in [1.82, 2.24) is 20.2 Å². The minimum atomic E-state index is -0.233. The van der Waals surface area contributed by atoms with Crippen LogP contribution in [0.3, 0.4) is 0 Å². The molecule has 2 aromatic rings. The van der Waals surface area contributed by atoms with Gasteiger partial charge >= 0.3 is 0 Å². The molecule has 0 unspecified atom stereocenters. The van der Waals surface area contributed by atoms with Crippen molar-refractivity contribution in [2.24, 2.45) is 0 Å². The minimum Gasteiger partial charge on any atom is -0.354 e. The molecule has 0 saturated carbocycles. The SMILES string of the molecule is CCc1csc(CCNC(=O)[C@@H](c2cccnc2)N2CCCC2)n1. The first kappa shape index (κ1) is 17.0. The van der Waals surface area contributed by atoms with Gasteiger partial charge in [-0.15, -0.1) is 11.3 Å². The van der Waals surface area contributed by atoms with Crippen molar-refractivity contribution in [2.75, 3.05) is 19.6 Å². The molecule has 0 spiro atoms. The van der Waals surface area contributed by atoms with Crippen LogP contribution in [0.4, 0.5) is 0 Å². The lowest BCUT2D eigenvalue weighted by Gasteiger charge is -2.26. The predicted octanol–water partition coefficient (Wildman–Crippen LogP) is 2.60. The molecule has 1 aliphatic heterocycles.